The number of benzene rings is 1. The Morgan fingerprint density at radius 3 is 2.79 bits per heavy atom. The van der Waals surface area contributed by atoms with Crippen LogP contribution in [0.3, 0.4) is 0 Å². The van der Waals surface area contributed by atoms with Gasteiger partial charge >= 0.3 is 0 Å². The first-order valence-electron chi connectivity index (χ1n) is 6.83. The highest BCUT2D eigenvalue weighted by Gasteiger charge is 2.21. The molecule has 0 aliphatic carbocycles. The molecular formula is C15H22N2O2. The van der Waals surface area contributed by atoms with E-state index in [1.54, 1.807) is 31.4 Å². The molecule has 0 radical (unpaired) electrons. The van der Waals surface area contributed by atoms with Crippen LogP contribution in [0.1, 0.15) is 23.7 Å². The van der Waals surface area contributed by atoms with Crippen molar-refractivity contribution in [2.24, 2.45) is 11.8 Å². The number of carbonyl (C=O) groups is 1. The Morgan fingerprint density at radius 2 is 2.16 bits per heavy atom. The van der Waals surface area contributed by atoms with E-state index in [0.29, 0.717) is 17.4 Å². The van der Waals surface area contributed by atoms with Crippen molar-refractivity contribution in [3.8, 4) is 5.75 Å². The molecule has 104 valence electrons. The van der Waals surface area contributed by atoms with Gasteiger partial charge in [-0.05, 0) is 55.6 Å². The van der Waals surface area contributed by atoms with Crippen molar-refractivity contribution in [1.29, 1.82) is 0 Å². The molecule has 1 heterocycles. The van der Waals surface area contributed by atoms with Gasteiger partial charge in [-0.2, -0.15) is 0 Å². The molecule has 1 amide bonds. The number of nitrogens with one attached hydrogen (secondary N) is 2. The summed E-state index contributed by atoms with van der Waals surface area (Å²) in [5.41, 5.74) is 0.678. The summed E-state index contributed by atoms with van der Waals surface area (Å²) in [7, 11) is 1.62. The van der Waals surface area contributed by atoms with Gasteiger partial charge in [-0.25, -0.2) is 0 Å². The average molecular weight is 262 g/mol. The van der Waals surface area contributed by atoms with Crippen molar-refractivity contribution >= 4 is 5.91 Å². The zero-order valence-corrected chi connectivity index (χ0v) is 11.6. The maximum atomic E-state index is 12.0. The van der Waals surface area contributed by atoms with E-state index in [-0.39, 0.29) is 5.91 Å². The van der Waals surface area contributed by atoms with E-state index < -0.39 is 0 Å². The predicted molar refractivity (Wildman–Crippen MR) is 75.5 cm³/mol. The van der Waals surface area contributed by atoms with Gasteiger partial charge in [0.15, 0.2) is 0 Å². The monoisotopic (exact) mass is 262 g/mol. The van der Waals surface area contributed by atoms with Crippen LogP contribution < -0.4 is 15.4 Å². The first kappa shape index (κ1) is 13.9. The topological polar surface area (TPSA) is 50.4 Å². The van der Waals surface area contributed by atoms with Crippen LogP contribution in [0.25, 0.3) is 0 Å². The SMILES string of the molecule is COc1ccc(C(=O)NCC2CNCCC2C)cc1. The molecule has 2 rings (SSSR count). The van der Waals surface area contributed by atoms with Gasteiger partial charge in [-0.15, -0.1) is 0 Å². The lowest BCUT2D eigenvalue weighted by atomic mass is 9.88. The number of carbonyl (C=O) groups excluding carboxylic acids is 1. The maximum absolute atomic E-state index is 12.0. The van der Waals surface area contributed by atoms with Gasteiger partial charge in [0.2, 0.25) is 0 Å². The fraction of sp³-hybridized carbons (Fsp3) is 0.533. The fourth-order valence-electron chi connectivity index (χ4n) is 2.40. The average Bonchev–Trinajstić information content (AvgIpc) is 2.46. The minimum Gasteiger partial charge on any atom is -0.497 e. The third-order valence-electron chi connectivity index (χ3n) is 3.86. The normalized spacial score (nSPS) is 22.8. The van der Waals surface area contributed by atoms with Crippen molar-refractivity contribution in [2.45, 2.75) is 13.3 Å². The van der Waals surface area contributed by atoms with Crippen molar-refractivity contribution in [3.63, 3.8) is 0 Å². The Balaban J connectivity index is 1.86. The van der Waals surface area contributed by atoms with Crippen molar-refractivity contribution in [1.82, 2.24) is 10.6 Å². The van der Waals surface area contributed by atoms with Crippen LogP contribution in [0.5, 0.6) is 5.75 Å². The number of rotatable bonds is 4. The zero-order chi connectivity index (χ0) is 13.7. The molecule has 0 spiro atoms. The molecule has 1 aliphatic rings. The smallest absolute Gasteiger partial charge is 0.251 e. The molecule has 1 saturated heterocycles. The van der Waals surface area contributed by atoms with E-state index in [0.717, 1.165) is 25.4 Å². The quantitative estimate of drug-likeness (QED) is 0.868. The number of hydrogen-bond acceptors (Lipinski definition) is 3. The third-order valence-corrected chi connectivity index (χ3v) is 3.86. The van der Waals surface area contributed by atoms with Crippen LogP contribution in [0, 0.1) is 11.8 Å². The number of amides is 1. The Hall–Kier alpha value is -1.55. The molecule has 0 aromatic heterocycles. The van der Waals surface area contributed by atoms with Crippen molar-refractivity contribution in [3.05, 3.63) is 29.8 Å². The lowest BCUT2D eigenvalue weighted by Crippen LogP contribution is -2.42. The zero-order valence-electron chi connectivity index (χ0n) is 11.6. The Morgan fingerprint density at radius 1 is 1.42 bits per heavy atom. The second-order valence-corrected chi connectivity index (χ2v) is 5.17. The second-order valence-electron chi connectivity index (χ2n) is 5.17. The van der Waals surface area contributed by atoms with E-state index in [4.69, 9.17) is 4.74 Å². The lowest BCUT2D eigenvalue weighted by Gasteiger charge is -2.29. The number of piperidine rings is 1. The van der Waals surface area contributed by atoms with Gasteiger partial charge in [-0.3, -0.25) is 4.79 Å². The van der Waals surface area contributed by atoms with Crippen molar-refractivity contribution in [2.75, 3.05) is 26.7 Å². The van der Waals surface area contributed by atoms with E-state index in [9.17, 15) is 4.79 Å². The molecule has 2 N–H and O–H groups in total. The Bertz CT molecular complexity index is 417. The molecule has 4 heteroatoms. The van der Waals surface area contributed by atoms with Crippen LogP contribution in [0.4, 0.5) is 0 Å². The van der Waals surface area contributed by atoms with E-state index in [1.165, 1.54) is 6.42 Å². The molecule has 1 aliphatic heterocycles. The molecule has 1 aromatic rings. The first-order valence-corrected chi connectivity index (χ1v) is 6.83. The molecule has 4 nitrogen and oxygen atoms in total. The minimum absolute atomic E-state index is 0.0135. The number of methoxy groups -OCH3 is 1. The van der Waals surface area contributed by atoms with Crippen LogP contribution in [-0.2, 0) is 0 Å². The van der Waals surface area contributed by atoms with Gasteiger partial charge in [0.25, 0.3) is 5.91 Å². The van der Waals surface area contributed by atoms with E-state index >= 15 is 0 Å². The molecule has 2 unspecified atom stereocenters. The molecule has 19 heavy (non-hydrogen) atoms. The van der Waals surface area contributed by atoms with Crippen LogP contribution >= 0.6 is 0 Å². The lowest BCUT2D eigenvalue weighted by molar-refractivity contribution is 0.0939. The summed E-state index contributed by atoms with van der Waals surface area (Å²) >= 11 is 0. The molecule has 2 atom stereocenters. The van der Waals surface area contributed by atoms with Gasteiger partial charge in [0.1, 0.15) is 5.75 Å². The highest BCUT2D eigenvalue weighted by atomic mass is 16.5. The molecule has 0 saturated carbocycles. The van der Waals surface area contributed by atoms with Gasteiger partial charge in [-0.1, -0.05) is 6.92 Å². The minimum atomic E-state index is -0.0135. The summed E-state index contributed by atoms with van der Waals surface area (Å²) in [5.74, 6) is 1.94. The maximum Gasteiger partial charge on any atom is 0.251 e. The summed E-state index contributed by atoms with van der Waals surface area (Å²) in [6, 6.07) is 7.19. The highest BCUT2D eigenvalue weighted by molar-refractivity contribution is 5.94. The standard InChI is InChI=1S/C15H22N2O2/c1-11-7-8-16-9-13(11)10-17-15(18)12-3-5-14(19-2)6-4-12/h3-6,11,13,16H,7-10H2,1-2H3,(H,17,18). The number of hydrogen-bond donors (Lipinski definition) is 2. The largest absolute Gasteiger partial charge is 0.497 e. The van der Waals surface area contributed by atoms with Gasteiger partial charge in [0.05, 0.1) is 7.11 Å². The van der Waals surface area contributed by atoms with Gasteiger partial charge in [0, 0.05) is 12.1 Å². The van der Waals surface area contributed by atoms with Gasteiger partial charge < -0.3 is 15.4 Å². The summed E-state index contributed by atoms with van der Waals surface area (Å²) in [4.78, 5) is 12.0. The Labute approximate surface area is 114 Å². The van der Waals surface area contributed by atoms with Crippen molar-refractivity contribution < 1.29 is 9.53 Å². The first-order chi connectivity index (χ1) is 9.20. The third kappa shape index (κ3) is 3.70. The Kier molecular flexibility index (Phi) is 4.80. The van der Waals surface area contributed by atoms with Crippen LogP contribution in [0.2, 0.25) is 0 Å². The van der Waals surface area contributed by atoms with Crippen LogP contribution in [0.15, 0.2) is 24.3 Å². The summed E-state index contributed by atoms with van der Waals surface area (Å²) in [6.45, 7) is 5.07. The molecule has 1 aromatic carbocycles. The van der Waals surface area contributed by atoms with Crippen LogP contribution in [-0.4, -0.2) is 32.7 Å². The summed E-state index contributed by atoms with van der Waals surface area (Å²) in [5, 5.41) is 6.39. The number of ether oxygens (including phenoxy) is 1. The predicted octanol–water partition coefficient (Wildman–Crippen LogP) is 1.67. The summed E-state index contributed by atoms with van der Waals surface area (Å²) in [6.07, 6.45) is 1.18. The van der Waals surface area contributed by atoms with E-state index in [1.807, 2.05) is 0 Å². The highest BCUT2D eigenvalue weighted by Crippen LogP contribution is 2.17. The van der Waals surface area contributed by atoms with E-state index in [2.05, 4.69) is 17.6 Å². The molecule has 1 fully saturated rings. The summed E-state index contributed by atoms with van der Waals surface area (Å²) < 4.78 is 5.08. The fourth-order valence-corrected chi connectivity index (χ4v) is 2.40. The molecular weight excluding hydrogens is 240 g/mol. The second kappa shape index (κ2) is 6.57. The molecule has 0 bridgehead atoms.